The molecule has 0 aliphatic rings. The Bertz CT molecular complexity index is 424. The van der Waals surface area contributed by atoms with Crippen LogP contribution in [0, 0.1) is 0 Å². The van der Waals surface area contributed by atoms with Gasteiger partial charge in [0.1, 0.15) is 0 Å². The lowest BCUT2D eigenvalue weighted by Gasteiger charge is -2.18. The average Bonchev–Trinajstić information content (AvgIpc) is 2.67. The molecule has 156 valence electrons. The van der Waals surface area contributed by atoms with E-state index in [-0.39, 0.29) is 0 Å². The van der Waals surface area contributed by atoms with Crippen LogP contribution in [0.1, 0.15) is 0 Å². The number of rotatable bonds is 15. The number of ether oxygens (including phenoxy) is 6. The highest BCUT2D eigenvalue weighted by molar-refractivity contribution is 4.60. The summed E-state index contributed by atoms with van der Waals surface area (Å²) in [5.74, 6) is 0. The van der Waals surface area contributed by atoms with Gasteiger partial charge in [0.2, 0.25) is 0 Å². The van der Waals surface area contributed by atoms with Gasteiger partial charge in [0.05, 0.1) is 0 Å². The highest BCUT2D eigenvalue weighted by Crippen LogP contribution is 1.84. The predicted molar refractivity (Wildman–Crippen MR) is 92.9 cm³/mol. The summed E-state index contributed by atoms with van der Waals surface area (Å²) in [5, 5.41) is 5.55. The van der Waals surface area contributed by atoms with Crippen molar-refractivity contribution in [2.24, 2.45) is 0 Å². The molecule has 12 heteroatoms. The Labute approximate surface area is 160 Å². The SMILES string of the molecule is COCN(COC)[n+]1c[n+](N(COC)COC)c[n+](N(COC)COC)c1. The Morgan fingerprint density at radius 1 is 0.444 bits per heavy atom. The van der Waals surface area contributed by atoms with E-state index in [4.69, 9.17) is 28.4 Å². The molecule has 0 atom stereocenters. The molecule has 0 radical (unpaired) electrons. The number of hydrogen-bond donors (Lipinski definition) is 0. The van der Waals surface area contributed by atoms with Gasteiger partial charge < -0.3 is 28.4 Å². The van der Waals surface area contributed by atoms with Crippen LogP contribution in [0.4, 0.5) is 0 Å². The molecule has 0 spiro atoms. The smallest absolute Gasteiger partial charge is 0.359 e. The van der Waals surface area contributed by atoms with Gasteiger partial charge in [-0.1, -0.05) is 0 Å². The van der Waals surface area contributed by atoms with Gasteiger partial charge in [-0.15, -0.1) is 15.0 Å². The maximum atomic E-state index is 5.28. The second-order valence-corrected chi connectivity index (χ2v) is 5.51. The Hall–Kier alpha value is -1.83. The van der Waals surface area contributed by atoms with Crippen molar-refractivity contribution in [3.8, 4) is 0 Å². The molecule has 0 aliphatic heterocycles. The van der Waals surface area contributed by atoms with Crippen molar-refractivity contribution in [1.82, 2.24) is 0 Å². The van der Waals surface area contributed by atoms with Crippen LogP contribution < -0.4 is 29.1 Å². The summed E-state index contributed by atoms with van der Waals surface area (Å²) in [6, 6.07) is 0. The van der Waals surface area contributed by atoms with Gasteiger partial charge in [0, 0.05) is 56.7 Å². The summed E-state index contributed by atoms with van der Waals surface area (Å²) in [6.07, 6.45) is 5.55. The number of aromatic nitrogens is 3. The van der Waals surface area contributed by atoms with Crippen LogP contribution in [0.25, 0.3) is 0 Å². The van der Waals surface area contributed by atoms with E-state index >= 15 is 0 Å². The fourth-order valence-electron chi connectivity index (χ4n) is 2.30. The van der Waals surface area contributed by atoms with Gasteiger partial charge in [0.15, 0.2) is 40.4 Å². The molecule has 12 nitrogen and oxygen atoms in total. The van der Waals surface area contributed by atoms with Gasteiger partial charge in [-0.3, -0.25) is 0 Å². The van der Waals surface area contributed by atoms with Crippen molar-refractivity contribution in [3.05, 3.63) is 19.0 Å². The summed E-state index contributed by atoms with van der Waals surface area (Å²) in [4.78, 5) is 0. The number of hydrogen-bond acceptors (Lipinski definition) is 9. The molecule has 1 aromatic heterocycles. The second-order valence-electron chi connectivity index (χ2n) is 5.51. The van der Waals surface area contributed by atoms with E-state index in [1.165, 1.54) is 0 Å². The lowest BCUT2D eigenvalue weighted by atomic mass is 10.8. The molecule has 0 bridgehead atoms. The fourth-order valence-corrected chi connectivity index (χ4v) is 2.30. The predicted octanol–water partition coefficient (Wildman–Crippen LogP) is -3.01. The van der Waals surface area contributed by atoms with E-state index < -0.39 is 0 Å². The molecule has 0 saturated carbocycles. The molecule has 0 aromatic carbocycles. The highest BCUT2D eigenvalue weighted by atomic mass is 16.5. The Morgan fingerprint density at radius 2 is 0.630 bits per heavy atom. The molecule has 0 fully saturated rings. The molecular weight excluding hydrogens is 360 g/mol. The second kappa shape index (κ2) is 13.4. The molecule has 0 aliphatic carbocycles. The highest BCUT2D eigenvalue weighted by Gasteiger charge is 2.32. The van der Waals surface area contributed by atoms with Crippen LogP contribution >= 0.6 is 0 Å². The lowest BCUT2D eigenvalue weighted by molar-refractivity contribution is -0.941. The van der Waals surface area contributed by atoms with E-state index in [1.807, 2.05) is 48.0 Å². The standard InChI is InChI=1S/C15H33N6O6/c1-22-10-19(11-23-2)16-7-17(20(12-24-3)13-25-4)9-18(8-16)21(14-26-5)15-27-6/h7-9H,10-15H2,1-6H3/q+3. The van der Waals surface area contributed by atoms with Gasteiger partial charge in [-0.05, 0) is 0 Å². The minimum Gasteiger partial charge on any atom is -0.359 e. The largest absolute Gasteiger partial charge is 0.474 e. The van der Waals surface area contributed by atoms with Crippen LogP contribution in [-0.4, -0.2) is 83.0 Å². The van der Waals surface area contributed by atoms with E-state index in [9.17, 15) is 0 Å². The molecule has 1 heterocycles. The molecule has 27 heavy (non-hydrogen) atoms. The quantitative estimate of drug-likeness (QED) is 0.229. The zero-order valence-electron chi connectivity index (χ0n) is 17.1. The van der Waals surface area contributed by atoms with E-state index in [1.54, 1.807) is 42.7 Å². The maximum absolute atomic E-state index is 5.28. The molecule has 0 N–H and O–H groups in total. The zero-order chi connectivity index (χ0) is 20.1. The monoisotopic (exact) mass is 393 g/mol. The third-order valence-corrected chi connectivity index (χ3v) is 3.36. The topological polar surface area (TPSA) is 76.7 Å². The third-order valence-electron chi connectivity index (χ3n) is 3.36. The van der Waals surface area contributed by atoms with Crippen molar-refractivity contribution < 1.29 is 42.4 Å². The number of nitrogens with zero attached hydrogens (tertiary/aromatic N) is 6. The summed E-state index contributed by atoms with van der Waals surface area (Å²) < 4.78 is 37.2. The first kappa shape index (κ1) is 23.2. The summed E-state index contributed by atoms with van der Waals surface area (Å²) in [7, 11) is 9.74. The van der Waals surface area contributed by atoms with Gasteiger partial charge >= 0.3 is 19.0 Å². The third kappa shape index (κ3) is 7.36. The molecular formula is C15H33N6O6+3. The number of methoxy groups -OCH3 is 6. The lowest BCUT2D eigenvalue weighted by Crippen LogP contribution is -2.76. The van der Waals surface area contributed by atoms with Crippen LogP contribution in [0.5, 0.6) is 0 Å². The van der Waals surface area contributed by atoms with E-state index in [0.29, 0.717) is 40.4 Å². The molecule has 0 saturated heterocycles. The van der Waals surface area contributed by atoms with Gasteiger partial charge in [-0.25, -0.2) is 0 Å². The van der Waals surface area contributed by atoms with Crippen LogP contribution in [0.3, 0.4) is 0 Å². The van der Waals surface area contributed by atoms with Gasteiger partial charge in [0.25, 0.3) is 0 Å². The van der Waals surface area contributed by atoms with Crippen molar-refractivity contribution in [2.75, 3.05) is 98.1 Å². The zero-order valence-corrected chi connectivity index (χ0v) is 17.1. The Kier molecular flexibility index (Phi) is 11.5. The Morgan fingerprint density at radius 3 is 0.778 bits per heavy atom. The summed E-state index contributed by atoms with van der Waals surface area (Å²) in [6.45, 7) is 1.95. The average molecular weight is 393 g/mol. The first-order valence-electron chi connectivity index (χ1n) is 8.23. The summed E-state index contributed by atoms with van der Waals surface area (Å²) in [5.41, 5.74) is 0. The van der Waals surface area contributed by atoms with Crippen molar-refractivity contribution in [2.45, 2.75) is 0 Å². The molecule has 1 rings (SSSR count). The van der Waals surface area contributed by atoms with Crippen molar-refractivity contribution in [1.29, 1.82) is 0 Å². The summed E-state index contributed by atoms with van der Waals surface area (Å²) >= 11 is 0. The van der Waals surface area contributed by atoms with E-state index in [0.717, 1.165) is 0 Å². The fraction of sp³-hybridized carbons (Fsp3) is 0.800. The van der Waals surface area contributed by atoms with Crippen LogP contribution in [0.2, 0.25) is 0 Å². The first-order chi connectivity index (χ1) is 13.1. The van der Waals surface area contributed by atoms with Crippen LogP contribution in [-0.2, 0) is 28.4 Å². The maximum Gasteiger partial charge on any atom is 0.474 e. The van der Waals surface area contributed by atoms with Crippen molar-refractivity contribution in [3.63, 3.8) is 0 Å². The molecule has 1 aromatic rings. The normalized spacial score (nSPS) is 10.9. The molecule has 0 amide bonds. The minimum absolute atomic E-state index is 0.325. The first-order valence-corrected chi connectivity index (χ1v) is 8.23. The van der Waals surface area contributed by atoms with Crippen molar-refractivity contribution >= 4 is 0 Å². The van der Waals surface area contributed by atoms with E-state index in [2.05, 4.69) is 0 Å². The van der Waals surface area contributed by atoms with Gasteiger partial charge in [-0.2, -0.15) is 0 Å². The minimum atomic E-state index is 0.325. The molecule has 0 unspecified atom stereocenters. The van der Waals surface area contributed by atoms with Crippen LogP contribution in [0.15, 0.2) is 19.0 Å². The Balaban J connectivity index is 3.38.